The van der Waals surface area contributed by atoms with Gasteiger partial charge in [-0.15, -0.1) is 12.4 Å². The van der Waals surface area contributed by atoms with Crippen LogP contribution in [0.3, 0.4) is 0 Å². The molecule has 2 unspecified atom stereocenters. The quantitative estimate of drug-likeness (QED) is 0.809. The minimum atomic E-state index is 0. The number of carbonyl (C=O) groups is 1. The van der Waals surface area contributed by atoms with E-state index in [1.54, 1.807) is 0 Å². The van der Waals surface area contributed by atoms with Crippen LogP contribution >= 0.6 is 12.4 Å². The Balaban J connectivity index is 0.00000180. The summed E-state index contributed by atoms with van der Waals surface area (Å²) in [5.41, 5.74) is 0. The second-order valence-electron chi connectivity index (χ2n) is 5.21. The van der Waals surface area contributed by atoms with Crippen molar-refractivity contribution >= 4 is 18.3 Å². The number of ether oxygens (including phenoxy) is 2. The van der Waals surface area contributed by atoms with Crippen molar-refractivity contribution in [3.8, 4) is 0 Å². The van der Waals surface area contributed by atoms with Crippen LogP contribution in [-0.4, -0.2) is 63.4 Å². The van der Waals surface area contributed by atoms with Gasteiger partial charge in [0, 0.05) is 31.7 Å². The van der Waals surface area contributed by atoms with E-state index in [4.69, 9.17) is 9.47 Å². The number of piperidine rings is 1. The second kappa shape index (κ2) is 8.74. The van der Waals surface area contributed by atoms with Crippen molar-refractivity contribution in [1.29, 1.82) is 0 Å². The van der Waals surface area contributed by atoms with Gasteiger partial charge in [0.1, 0.15) is 6.61 Å². The summed E-state index contributed by atoms with van der Waals surface area (Å²) in [7, 11) is 1.95. The molecule has 0 spiro atoms. The Bertz CT molecular complexity index is 273. The summed E-state index contributed by atoms with van der Waals surface area (Å²) in [5.74, 6) is 0.595. The molecule has 0 aromatic rings. The molecule has 2 aliphatic heterocycles. The van der Waals surface area contributed by atoms with Gasteiger partial charge in [-0.25, -0.2) is 0 Å². The number of likely N-dealkylation sites (tertiary alicyclic amines) is 1. The molecule has 6 heteroatoms. The van der Waals surface area contributed by atoms with E-state index in [2.05, 4.69) is 5.32 Å². The number of hydrogen-bond donors (Lipinski definition) is 1. The summed E-state index contributed by atoms with van der Waals surface area (Å²) < 4.78 is 10.8. The van der Waals surface area contributed by atoms with Crippen molar-refractivity contribution in [3.05, 3.63) is 0 Å². The van der Waals surface area contributed by atoms with Gasteiger partial charge < -0.3 is 19.7 Å². The molecule has 0 aromatic heterocycles. The van der Waals surface area contributed by atoms with E-state index in [9.17, 15) is 4.79 Å². The summed E-state index contributed by atoms with van der Waals surface area (Å²) in [4.78, 5) is 13.9. The number of rotatable bonds is 5. The zero-order valence-corrected chi connectivity index (χ0v) is 12.4. The van der Waals surface area contributed by atoms with Gasteiger partial charge in [-0.05, 0) is 26.3 Å². The molecule has 1 amide bonds. The smallest absolute Gasteiger partial charge is 0.248 e. The third kappa shape index (κ3) is 5.26. The van der Waals surface area contributed by atoms with Crippen LogP contribution in [-0.2, 0) is 14.3 Å². The summed E-state index contributed by atoms with van der Waals surface area (Å²) >= 11 is 0. The highest BCUT2D eigenvalue weighted by atomic mass is 35.5. The Morgan fingerprint density at radius 2 is 2.32 bits per heavy atom. The highest BCUT2D eigenvalue weighted by Crippen LogP contribution is 2.13. The van der Waals surface area contributed by atoms with Crippen molar-refractivity contribution < 1.29 is 14.3 Å². The van der Waals surface area contributed by atoms with Crippen molar-refractivity contribution in [2.24, 2.45) is 5.92 Å². The number of likely N-dealkylation sites (N-methyl/N-ethyl adjacent to an activating group) is 1. The SMILES string of the molecule is CNC1CCCN(C(=O)COCC2CCOC2)C1.Cl. The zero-order valence-electron chi connectivity index (χ0n) is 11.6. The molecular formula is C13H25ClN2O3. The summed E-state index contributed by atoms with van der Waals surface area (Å²) in [6.45, 7) is 4.15. The van der Waals surface area contributed by atoms with E-state index >= 15 is 0 Å². The number of nitrogens with one attached hydrogen (secondary N) is 1. The third-order valence-electron chi connectivity index (χ3n) is 3.79. The van der Waals surface area contributed by atoms with Gasteiger partial charge in [-0.3, -0.25) is 4.79 Å². The van der Waals surface area contributed by atoms with Crippen molar-refractivity contribution in [1.82, 2.24) is 10.2 Å². The van der Waals surface area contributed by atoms with E-state index in [-0.39, 0.29) is 24.9 Å². The van der Waals surface area contributed by atoms with Crippen LogP contribution in [0.15, 0.2) is 0 Å². The Morgan fingerprint density at radius 3 is 3.00 bits per heavy atom. The standard InChI is InChI=1S/C13H24N2O3.ClH/c1-14-12-3-2-5-15(7-12)13(16)10-18-9-11-4-6-17-8-11;/h11-12,14H,2-10H2,1H3;1H. The Labute approximate surface area is 121 Å². The van der Waals surface area contributed by atoms with Crippen molar-refractivity contribution in [2.45, 2.75) is 25.3 Å². The summed E-state index contributed by atoms with van der Waals surface area (Å²) in [6.07, 6.45) is 3.29. The lowest BCUT2D eigenvalue weighted by molar-refractivity contribution is -0.137. The number of halogens is 1. The minimum Gasteiger partial charge on any atom is -0.381 e. The lowest BCUT2D eigenvalue weighted by Crippen LogP contribution is -2.48. The average Bonchev–Trinajstić information content (AvgIpc) is 2.92. The molecule has 2 saturated heterocycles. The van der Waals surface area contributed by atoms with E-state index in [1.165, 1.54) is 0 Å². The molecule has 0 aliphatic carbocycles. The molecule has 0 aromatic carbocycles. The molecule has 0 bridgehead atoms. The third-order valence-corrected chi connectivity index (χ3v) is 3.79. The molecule has 19 heavy (non-hydrogen) atoms. The normalized spacial score (nSPS) is 27.1. The molecule has 5 nitrogen and oxygen atoms in total. The van der Waals surface area contributed by atoms with E-state index < -0.39 is 0 Å². The molecule has 2 heterocycles. The molecule has 2 fully saturated rings. The highest BCUT2D eigenvalue weighted by Gasteiger charge is 2.23. The predicted molar refractivity (Wildman–Crippen MR) is 75.7 cm³/mol. The van der Waals surface area contributed by atoms with Crippen LogP contribution in [0.5, 0.6) is 0 Å². The monoisotopic (exact) mass is 292 g/mol. The Kier molecular flexibility index (Phi) is 7.68. The first-order chi connectivity index (χ1) is 8.79. The molecule has 0 radical (unpaired) electrons. The summed E-state index contributed by atoms with van der Waals surface area (Å²) in [5, 5.41) is 3.24. The summed E-state index contributed by atoms with van der Waals surface area (Å²) in [6, 6.07) is 0.436. The van der Waals surface area contributed by atoms with Gasteiger partial charge in [0.15, 0.2) is 0 Å². The van der Waals surface area contributed by atoms with Crippen LogP contribution in [0.2, 0.25) is 0 Å². The van der Waals surface area contributed by atoms with Crippen molar-refractivity contribution in [2.75, 3.05) is 46.6 Å². The second-order valence-corrected chi connectivity index (χ2v) is 5.21. The van der Waals surface area contributed by atoms with Crippen LogP contribution in [0, 0.1) is 5.92 Å². The van der Waals surface area contributed by atoms with Gasteiger partial charge in [-0.2, -0.15) is 0 Å². The maximum atomic E-state index is 12.0. The van der Waals surface area contributed by atoms with Crippen LogP contribution < -0.4 is 5.32 Å². The maximum Gasteiger partial charge on any atom is 0.248 e. The predicted octanol–water partition coefficient (Wildman–Crippen LogP) is 0.672. The Hall–Kier alpha value is -0.360. The van der Waals surface area contributed by atoms with Gasteiger partial charge in [-0.1, -0.05) is 0 Å². The fourth-order valence-electron chi connectivity index (χ4n) is 2.56. The van der Waals surface area contributed by atoms with E-state index in [0.717, 1.165) is 45.6 Å². The first-order valence-corrected chi connectivity index (χ1v) is 6.90. The number of nitrogens with zero attached hydrogens (tertiary/aromatic N) is 1. The number of hydrogen-bond acceptors (Lipinski definition) is 4. The first kappa shape index (κ1) is 16.7. The van der Waals surface area contributed by atoms with Gasteiger partial charge >= 0.3 is 0 Å². The molecule has 2 rings (SSSR count). The van der Waals surface area contributed by atoms with Gasteiger partial charge in [0.05, 0.1) is 13.2 Å². The zero-order chi connectivity index (χ0) is 12.8. The average molecular weight is 293 g/mol. The first-order valence-electron chi connectivity index (χ1n) is 6.90. The molecule has 2 aliphatic rings. The van der Waals surface area contributed by atoms with E-state index in [1.807, 2.05) is 11.9 Å². The molecule has 1 N–H and O–H groups in total. The highest BCUT2D eigenvalue weighted by molar-refractivity contribution is 5.85. The largest absolute Gasteiger partial charge is 0.381 e. The molecular weight excluding hydrogens is 268 g/mol. The van der Waals surface area contributed by atoms with E-state index in [0.29, 0.717) is 18.6 Å². The molecule has 112 valence electrons. The van der Waals surface area contributed by atoms with Crippen LogP contribution in [0.4, 0.5) is 0 Å². The topological polar surface area (TPSA) is 50.8 Å². The Morgan fingerprint density at radius 1 is 1.47 bits per heavy atom. The number of amides is 1. The number of carbonyl (C=O) groups excluding carboxylic acids is 1. The maximum absolute atomic E-state index is 12.0. The lowest BCUT2D eigenvalue weighted by atomic mass is 10.1. The molecule has 2 atom stereocenters. The van der Waals surface area contributed by atoms with Crippen LogP contribution in [0.25, 0.3) is 0 Å². The molecule has 0 saturated carbocycles. The van der Waals surface area contributed by atoms with Gasteiger partial charge in [0.25, 0.3) is 0 Å². The fraction of sp³-hybridized carbons (Fsp3) is 0.923. The fourth-order valence-corrected chi connectivity index (χ4v) is 2.56. The van der Waals surface area contributed by atoms with Crippen molar-refractivity contribution in [3.63, 3.8) is 0 Å². The van der Waals surface area contributed by atoms with Crippen LogP contribution in [0.1, 0.15) is 19.3 Å². The minimum absolute atomic E-state index is 0. The lowest BCUT2D eigenvalue weighted by Gasteiger charge is -2.32. The van der Waals surface area contributed by atoms with Gasteiger partial charge in [0.2, 0.25) is 5.91 Å².